The van der Waals surface area contributed by atoms with Crippen molar-refractivity contribution in [2.75, 3.05) is 6.54 Å². The van der Waals surface area contributed by atoms with Crippen molar-refractivity contribution in [3.05, 3.63) is 64.7 Å². The molecule has 0 spiro atoms. The monoisotopic (exact) mass is 435 g/mol. The Morgan fingerprint density at radius 2 is 1.76 bits per heavy atom. The summed E-state index contributed by atoms with van der Waals surface area (Å²) in [6.07, 6.45) is 0. The van der Waals surface area contributed by atoms with Crippen molar-refractivity contribution >= 4 is 44.2 Å². The predicted molar refractivity (Wildman–Crippen MR) is 94.6 cm³/mol. The molecule has 0 aliphatic heterocycles. The van der Waals surface area contributed by atoms with E-state index in [4.69, 9.17) is 11.6 Å². The van der Waals surface area contributed by atoms with Crippen LogP contribution in [0, 0.1) is 6.92 Å². The number of hydrogen-bond donors (Lipinski definition) is 1. The molecule has 1 N–H and O–H groups in total. The highest BCUT2D eigenvalue weighted by Gasteiger charge is 2.17. The Kier molecular flexibility index (Phi) is 5.65. The summed E-state index contributed by atoms with van der Waals surface area (Å²) in [5.41, 5.74) is 1.95. The molecule has 1 unspecified atom stereocenters. The first kappa shape index (κ1) is 16.7. The Labute approximate surface area is 143 Å². The number of hydrogen-bond acceptors (Lipinski definition) is 2. The third-order valence-corrected chi connectivity index (χ3v) is 5.92. The zero-order chi connectivity index (χ0) is 15.5. The maximum atomic E-state index is 12.2. The van der Waals surface area contributed by atoms with Gasteiger partial charge in [0.25, 0.3) is 0 Å². The van der Waals surface area contributed by atoms with Crippen LogP contribution in [0.2, 0.25) is 5.02 Å². The van der Waals surface area contributed by atoms with Crippen LogP contribution < -0.4 is 4.72 Å². The minimum Gasteiger partial charge on any atom is -0.210 e. The predicted octanol–water partition coefficient (Wildman–Crippen LogP) is 4.10. The van der Waals surface area contributed by atoms with Crippen LogP contribution in [0.4, 0.5) is 0 Å². The Morgan fingerprint density at radius 3 is 2.38 bits per heavy atom. The van der Waals surface area contributed by atoms with Crippen LogP contribution in [0.3, 0.4) is 0 Å². The van der Waals surface area contributed by atoms with Gasteiger partial charge in [-0.25, -0.2) is 13.1 Å². The molecule has 0 saturated carbocycles. The van der Waals surface area contributed by atoms with Crippen molar-refractivity contribution < 1.29 is 8.42 Å². The van der Waals surface area contributed by atoms with Gasteiger partial charge in [0, 0.05) is 11.6 Å². The average Bonchev–Trinajstić information content (AvgIpc) is 2.46. The Morgan fingerprint density at radius 1 is 1.14 bits per heavy atom. The maximum absolute atomic E-state index is 12.2. The topological polar surface area (TPSA) is 46.2 Å². The van der Waals surface area contributed by atoms with Crippen molar-refractivity contribution in [3.8, 4) is 0 Å². The van der Waals surface area contributed by atoms with Gasteiger partial charge < -0.3 is 0 Å². The lowest BCUT2D eigenvalue weighted by atomic mass is 10.1. The average molecular weight is 436 g/mol. The number of alkyl halides is 1. The Balaban J connectivity index is 2.08. The molecule has 21 heavy (non-hydrogen) atoms. The molecule has 0 saturated heterocycles. The Bertz CT molecular complexity index is 717. The van der Waals surface area contributed by atoms with E-state index in [-0.39, 0.29) is 8.82 Å². The molecule has 0 aromatic heterocycles. The fraction of sp³-hybridized carbons (Fsp3) is 0.200. The summed E-state index contributed by atoms with van der Waals surface area (Å²) in [7, 11) is -3.49. The zero-order valence-corrected chi connectivity index (χ0v) is 15.1. The molecular weight excluding hydrogens is 421 g/mol. The molecule has 0 bridgehead atoms. The molecule has 0 amide bonds. The lowest BCUT2D eigenvalue weighted by molar-refractivity contribution is 0.582. The van der Waals surface area contributed by atoms with Gasteiger partial charge in [-0.2, -0.15) is 0 Å². The van der Waals surface area contributed by atoms with E-state index >= 15 is 0 Å². The minimum atomic E-state index is -3.49. The van der Waals surface area contributed by atoms with Crippen LogP contribution in [0.5, 0.6) is 0 Å². The van der Waals surface area contributed by atoms with Crippen LogP contribution in [0.1, 0.15) is 15.1 Å². The molecule has 2 aromatic carbocycles. The van der Waals surface area contributed by atoms with Gasteiger partial charge in [0.15, 0.2) is 0 Å². The summed E-state index contributed by atoms with van der Waals surface area (Å²) in [5.74, 6) is 0. The van der Waals surface area contributed by atoms with Gasteiger partial charge in [0.2, 0.25) is 10.0 Å². The van der Waals surface area contributed by atoms with Crippen LogP contribution in [-0.4, -0.2) is 15.0 Å². The zero-order valence-electron chi connectivity index (χ0n) is 11.4. The number of sulfonamides is 1. The second kappa shape index (κ2) is 7.09. The van der Waals surface area contributed by atoms with Crippen molar-refractivity contribution in [2.24, 2.45) is 0 Å². The molecule has 2 rings (SSSR count). The van der Waals surface area contributed by atoms with Crippen LogP contribution in [0.15, 0.2) is 53.4 Å². The molecule has 1 atom stereocenters. The third kappa shape index (κ3) is 4.42. The molecule has 0 aliphatic carbocycles. The van der Waals surface area contributed by atoms with Crippen molar-refractivity contribution in [2.45, 2.75) is 15.7 Å². The van der Waals surface area contributed by atoms with Crippen LogP contribution in [-0.2, 0) is 10.0 Å². The minimum absolute atomic E-state index is 0.0310. The maximum Gasteiger partial charge on any atom is 0.240 e. The molecule has 3 nitrogen and oxygen atoms in total. The highest BCUT2D eigenvalue weighted by Crippen LogP contribution is 2.29. The van der Waals surface area contributed by atoms with E-state index in [9.17, 15) is 8.42 Å². The lowest BCUT2D eigenvalue weighted by Gasteiger charge is -2.13. The first-order valence-corrected chi connectivity index (χ1v) is 9.45. The summed E-state index contributed by atoms with van der Waals surface area (Å²) in [4.78, 5) is 0.274. The van der Waals surface area contributed by atoms with Gasteiger partial charge in [-0.15, -0.1) is 0 Å². The van der Waals surface area contributed by atoms with E-state index in [1.165, 1.54) is 0 Å². The fourth-order valence-electron chi connectivity index (χ4n) is 1.82. The number of benzene rings is 2. The van der Waals surface area contributed by atoms with E-state index in [0.29, 0.717) is 11.6 Å². The molecule has 2 aromatic rings. The van der Waals surface area contributed by atoms with Crippen LogP contribution >= 0.6 is 34.2 Å². The van der Waals surface area contributed by atoms with Gasteiger partial charge in [0.05, 0.1) is 8.82 Å². The number of rotatable bonds is 5. The molecule has 0 heterocycles. The van der Waals surface area contributed by atoms with E-state index in [1.807, 2.05) is 25.1 Å². The highest BCUT2D eigenvalue weighted by atomic mass is 127. The molecular formula is C15H15ClINO2S. The number of nitrogens with one attached hydrogen (secondary N) is 1. The molecule has 112 valence electrons. The summed E-state index contributed by atoms with van der Waals surface area (Å²) >= 11 is 8.31. The van der Waals surface area contributed by atoms with E-state index in [2.05, 4.69) is 27.3 Å². The van der Waals surface area contributed by atoms with Crippen molar-refractivity contribution in [1.82, 2.24) is 4.72 Å². The first-order chi connectivity index (χ1) is 9.90. The summed E-state index contributed by atoms with van der Waals surface area (Å²) in [6, 6.07) is 14.2. The molecule has 6 heteroatoms. The third-order valence-electron chi connectivity index (χ3n) is 3.03. The van der Waals surface area contributed by atoms with E-state index in [1.54, 1.807) is 30.3 Å². The largest absolute Gasteiger partial charge is 0.240 e. The van der Waals surface area contributed by atoms with Gasteiger partial charge in [-0.05, 0) is 30.7 Å². The Hall–Kier alpha value is -0.630. The first-order valence-electron chi connectivity index (χ1n) is 6.35. The normalized spacial score (nSPS) is 13.1. The summed E-state index contributed by atoms with van der Waals surface area (Å²) in [6.45, 7) is 2.21. The molecule has 0 radical (unpaired) electrons. The number of aryl methyl sites for hydroxylation is 1. The van der Waals surface area contributed by atoms with Gasteiger partial charge in [-0.1, -0.05) is 70.1 Å². The van der Waals surface area contributed by atoms with Crippen molar-refractivity contribution in [1.29, 1.82) is 0 Å². The second-order valence-electron chi connectivity index (χ2n) is 4.65. The highest BCUT2D eigenvalue weighted by molar-refractivity contribution is 14.1. The fourth-order valence-corrected chi connectivity index (χ4v) is 4.38. The number of halogens is 2. The second-order valence-corrected chi connectivity index (χ2v) is 8.33. The standard InChI is InChI=1S/C15H15ClINO2S/c1-11-6-8-12(9-7-11)21(19,20)18-10-15(17)13-4-2-3-5-14(13)16/h2-9,15,18H,10H2,1H3. The molecule has 0 fully saturated rings. The van der Waals surface area contributed by atoms with E-state index in [0.717, 1.165) is 11.1 Å². The van der Waals surface area contributed by atoms with Gasteiger partial charge >= 0.3 is 0 Å². The SMILES string of the molecule is Cc1ccc(S(=O)(=O)NCC(I)c2ccccc2Cl)cc1. The van der Waals surface area contributed by atoms with Crippen LogP contribution in [0.25, 0.3) is 0 Å². The molecule has 0 aliphatic rings. The lowest BCUT2D eigenvalue weighted by Crippen LogP contribution is -2.27. The summed E-state index contributed by atoms with van der Waals surface area (Å²) < 4.78 is 27.0. The van der Waals surface area contributed by atoms with Gasteiger partial charge in [-0.3, -0.25) is 0 Å². The van der Waals surface area contributed by atoms with Crippen molar-refractivity contribution in [3.63, 3.8) is 0 Å². The summed E-state index contributed by atoms with van der Waals surface area (Å²) in [5, 5.41) is 0.645. The van der Waals surface area contributed by atoms with Gasteiger partial charge in [0.1, 0.15) is 0 Å². The smallest absolute Gasteiger partial charge is 0.210 e. The van der Waals surface area contributed by atoms with E-state index < -0.39 is 10.0 Å². The quantitative estimate of drug-likeness (QED) is 0.568.